The molecule has 0 saturated carbocycles. The SMILES string of the molecule is COCCC(=O)Nc1ccc(C#N)cc1. The van der Waals surface area contributed by atoms with Gasteiger partial charge in [0.25, 0.3) is 0 Å². The van der Waals surface area contributed by atoms with Crippen molar-refractivity contribution < 1.29 is 9.53 Å². The molecule has 0 aliphatic carbocycles. The summed E-state index contributed by atoms with van der Waals surface area (Å²) in [5.74, 6) is -0.0958. The quantitative estimate of drug-likeness (QED) is 0.809. The topological polar surface area (TPSA) is 62.1 Å². The van der Waals surface area contributed by atoms with Gasteiger partial charge in [-0.25, -0.2) is 0 Å². The summed E-state index contributed by atoms with van der Waals surface area (Å²) in [7, 11) is 1.55. The highest BCUT2D eigenvalue weighted by Gasteiger charge is 2.01. The Labute approximate surface area is 88.5 Å². The van der Waals surface area contributed by atoms with E-state index in [1.165, 1.54) is 0 Å². The Hall–Kier alpha value is -1.86. The van der Waals surface area contributed by atoms with Crippen molar-refractivity contribution in [2.75, 3.05) is 19.0 Å². The van der Waals surface area contributed by atoms with Crippen molar-refractivity contribution in [2.45, 2.75) is 6.42 Å². The Morgan fingerprint density at radius 1 is 1.47 bits per heavy atom. The maximum Gasteiger partial charge on any atom is 0.226 e. The van der Waals surface area contributed by atoms with Crippen LogP contribution in [0.2, 0.25) is 0 Å². The van der Waals surface area contributed by atoms with Gasteiger partial charge >= 0.3 is 0 Å². The number of nitrogens with zero attached hydrogens (tertiary/aromatic N) is 1. The number of hydrogen-bond acceptors (Lipinski definition) is 3. The van der Waals surface area contributed by atoms with E-state index in [9.17, 15) is 4.79 Å². The molecule has 0 saturated heterocycles. The summed E-state index contributed by atoms with van der Waals surface area (Å²) < 4.78 is 4.78. The molecule has 15 heavy (non-hydrogen) atoms. The molecule has 0 aromatic heterocycles. The van der Waals surface area contributed by atoms with Crippen LogP contribution in [0.4, 0.5) is 5.69 Å². The Bertz CT molecular complexity index is 365. The van der Waals surface area contributed by atoms with Gasteiger partial charge in [0.15, 0.2) is 0 Å². The van der Waals surface area contributed by atoms with Crippen molar-refractivity contribution in [1.29, 1.82) is 5.26 Å². The molecule has 4 nitrogen and oxygen atoms in total. The van der Waals surface area contributed by atoms with Crippen molar-refractivity contribution >= 4 is 11.6 Å². The molecular weight excluding hydrogens is 192 g/mol. The summed E-state index contributed by atoms with van der Waals surface area (Å²) >= 11 is 0. The maximum atomic E-state index is 11.3. The van der Waals surface area contributed by atoms with Gasteiger partial charge < -0.3 is 10.1 Å². The van der Waals surface area contributed by atoms with Gasteiger partial charge in [-0.05, 0) is 24.3 Å². The molecule has 0 atom stereocenters. The Kier molecular flexibility index (Phi) is 4.32. The van der Waals surface area contributed by atoms with Gasteiger partial charge in [0.1, 0.15) is 0 Å². The Morgan fingerprint density at radius 3 is 2.67 bits per heavy atom. The molecule has 78 valence electrons. The fourth-order valence-electron chi connectivity index (χ4n) is 1.05. The van der Waals surface area contributed by atoms with Gasteiger partial charge in [-0.2, -0.15) is 5.26 Å². The average molecular weight is 204 g/mol. The number of anilines is 1. The van der Waals surface area contributed by atoms with E-state index in [-0.39, 0.29) is 5.91 Å². The van der Waals surface area contributed by atoms with Crippen LogP contribution in [0.25, 0.3) is 0 Å². The molecule has 0 fully saturated rings. The Balaban J connectivity index is 2.50. The highest BCUT2D eigenvalue weighted by atomic mass is 16.5. The fourth-order valence-corrected chi connectivity index (χ4v) is 1.05. The molecule has 0 heterocycles. The van der Waals surface area contributed by atoms with Crippen LogP contribution in [0.1, 0.15) is 12.0 Å². The first-order valence-corrected chi connectivity index (χ1v) is 4.55. The molecule has 0 radical (unpaired) electrons. The number of benzene rings is 1. The van der Waals surface area contributed by atoms with Crippen LogP contribution in [-0.4, -0.2) is 19.6 Å². The molecule has 1 rings (SSSR count). The van der Waals surface area contributed by atoms with E-state index in [2.05, 4.69) is 5.32 Å². The smallest absolute Gasteiger partial charge is 0.226 e. The van der Waals surface area contributed by atoms with E-state index < -0.39 is 0 Å². The van der Waals surface area contributed by atoms with Crippen molar-refractivity contribution in [3.8, 4) is 6.07 Å². The molecule has 0 bridgehead atoms. The van der Waals surface area contributed by atoms with E-state index in [1.54, 1.807) is 31.4 Å². The minimum atomic E-state index is -0.0958. The molecule has 4 heteroatoms. The summed E-state index contributed by atoms with van der Waals surface area (Å²) in [4.78, 5) is 11.3. The molecule has 1 amide bonds. The first-order chi connectivity index (χ1) is 7.26. The minimum absolute atomic E-state index is 0.0958. The molecular formula is C11H12N2O2. The standard InChI is InChI=1S/C11H12N2O2/c1-15-7-6-11(14)13-10-4-2-9(8-12)3-5-10/h2-5H,6-7H2,1H3,(H,13,14). The predicted molar refractivity (Wildman–Crippen MR) is 56.3 cm³/mol. The minimum Gasteiger partial charge on any atom is -0.384 e. The van der Waals surface area contributed by atoms with Crippen LogP contribution in [0.15, 0.2) is 24.3 Å². The van der Waals surface area contributed by atoms with Crippen LogP contribution in [0, 0.1) is 11.3 Å². The van der Waals surface area contributed by atoms with Gasteiger partial charge in [0, 0.05) is 12.8 Å². The lowest BCUT2D eigenvalue weighted by atomic mass is 10.2. The zero-order valence-electron chi connectivity index (χ0n) is 8.49. The van der Waals surface area contributed by atoms with Gasteiger partial charge in [-0.1, -0.05) is 0 Å². The van der Waals surface area contributed by atoms with Crippen LogP contribution < -0.4 is 5.32 Å². The second kappa shape index (κ2) is 5.78. The van der Waals surface area contributed by atoms with Crippen molar-refractivity contribution in [1.82, 2.24) is 0 Å². The second-order valence-electron chi connectivity index (χ2n) is 2.98. The molecule has 1 N–H and O–H groups in total. The first-order valence-electron chi connectivity index (χ1n) is 4.55. The van der Waals surface area contributed by atoms with Gasteiger partial charge in [0.05, 0.1) is 24.7 Å². The Morgan fingerprint density at radius 2 is 2.13 bits per heavy atom. The zero-order chi connectivity index (χ0) is 11.1. The van der Waals surface area contributed by atoms with Crippen LogP contribution in [0.5, 0.6) is 0 Å². The molecule has 1 aromatic rings. The number of hydrogen-bond donors (Lipinski definition) is 1. The van der Waals surface area contributed by atoms with Crippen molar-refractivity contribution in [3.63, 3.8) is 0 Å². The van der Waals surface area contributed by atoms with E-state index in [0.29, 0.717) is 24.3 Å². The normalized spacial score (nSPS) is 9.33. The molecule has 0 unspecified atom stereocenters. The number of amides is 1. The summed E-state index contributed by atoms with van der Waals surface area (Å²) in [5, 5.41) is 11.3. The highest BCUT2D eigenvalue weighted by molar-refractivity contribution is 5.90. The number of carbonyl (C=O) groups excluding carboxylic acids is 1. The first kappa shape index (κ1) is 11.2. The number of ether oxygens (including phenoxy) is 1. The van der Waals surface area contributed by atoms with Crippen LogP contribution in [-0.2, 0) is 9.53 Å². The van der Waals surface area contributed by atoms with Crippen LogP contribution >= 0.6 is 0 Å². The lowest BCUT2D eigenvalue weighted by molar-refractivity contribution is -0.117. The lowest BCUT2D eigenvalue weighted by Gasteiger charge is -2.04. The largest absolute Gasteiger partial charge is 0.384 e. The van der Waals surface area contributed by atoms with Crippen molar-refractivity contribution in [3.05, 3.63) is 29.8 Å². The van der Waals surface area contributed by atoms with Crippen LogP contribution in [0.3, 0.4) is 0 Å². The average Bonchev–Trinajstić information content (AvgIpc) is 2.27. The number of carbonyl (C=O) groups is 1. The van der Waals surface area contributed by atoms with E-state index in [4.69, 9.17) is 10.00 Å². The van der Waals surface area contributed by atoms with E-state index in [0.717, 1.165) is 0 Å². The second-order valence-corrected chi connectivity index (χ2v) is 2.98. The monoisotopic (exact) mass is 204 g/mol. The van der Waals surface area contributed by atoms with Gasteiger partial charge in [0.2, 0.25) is 5.91 Å². The predicted octanol–water partition coefficient (Wildman–Crippen LogP) is 1.53. The summed E-state index contributed by atoms with van der Waals surface area (Å²) in [6.45, 7) is 0.405. The number of nitrogens with one attached hydrogen (secondary N) is 1. The third-order valence-corrected chi connectivity index (χ3v) is 1.83. The zero-order valence-corrected chi connectivity index (χ0v) is 8.49. The van der Waals surface area contributed by atoms with E-state index in [1.807, 2.05) is 6.07 Å². The lowest BCUT2D eigenvalue weighted by Crippen LogP contribution is -2.13. The maximum absolute atomic E-state index is 11.3. The van der Waals surface area contributed by atoms with E-state index >= 15 is 0 Å². The number of rotatable bonds is 4. The molecule has 0 aliphatic heterocycles. The molecule has 0 spiro atoms. The highest BCUT2D eigenvalue weighted by Crippen LogP contribution is 2.08. The number of methoxy groups -OCH3 is 1. The van der Waals surface area contributed by atoms with Gasteiger partial charge in [-0.15, -0.1) is 0 Å². The van der Waals surface area contributed by atoms with Crippen molar-refractivity contribution in [2.24, 2.45) is 0 Å². The summed E-state index contributed by atoms with van der Waals surface area (Å²) in [6, 6.07) is 8.72. The summed E-state index contributed by atoms with van der Waals surface area (Å²) in [5.41, 5.74) is 1.26. The molecule has 0 aliphatic rings. The third kappa shape index (κ3) is 3.79. The summed E-state index contributed by atoms with van der Waals surface area (Å²) in [6.07, 6.45) is 0.330. The van der Waals surface area contributed by atoms with Gasteiger partial charge in [-0.3, -0.25) is 4.79 Å². The fraction of sp³-hybridized carbons (Fsp3) is 0.273. The third-order valence-electron chi connectivity index (χ3n) is 1.83. The molecule has 1 aromatic carbocycles. The number of nitriles is 1.